The molecule has 1 saturated heterocycles. The van der Waals surface area contributed by atoms with Crippen LogP contribution in [0.5, 0.6) is 0 Å². The molecular formula is C29H30F2N6O4S. The summed E-state index contributed by atoms with van der Waals surface area (Å²) in [6, 6.07) is 7.79. The van der Waals surface area contributed by atoms with Gasteiger partial charge in [0.2, 0.25) is 0 Å². The van der Waals surface area contributed by atoms with Gasteiger partial charge in [0, 0.05) is 24.4 Å². The average molecular weight is 597 g/mol. The van der Waals surface area contributed by atoms with E-state index in [1.165, 1.54) is 43.2 Å². The van der Waals surface area contributed by atoms with Gasteiger partial charge in [0.05, 0.1) is 33.2 Å². The Labute approximate surface area is 244 Å². The van der Waals surface area contributed by atoms with E-state index >= 15 is 0 Å². The largest absolute Gasteiger partial charge is 0.391 e. The summed E-state index contributed by atoms with van der Waals surface area (Å²) in [4.78, 5) is 9.13. The first-order chi connectivity index (χ1) is 20.1. The Morgan fingerprint density at radius 1 is 1.10 bits per heavy atom. The number of fused-ring (bicyclic) bond motifs is 1. The number of aliphatic hydroxyl groups is 2. The third kappa shape index (κ3) is 4.80. The van der Waals surface area contributed by atoms with Crippen LogP contribution >= 0.6 is 11.3 Å². The topological polar surface area (TPSA) is 120 Å². The van der Waals surface area contributed by atoms with E-state index in [1.54, 1.807) is 29.9 Å². The Bertz CT molecular complexity index is 1770. The highest BCUT2D eigenvalue weighted by Gasteiger charge is 2.50. The third-order valence-corrected chi connectivity index (χ3v) is 8.51. The summed E-state index contributed by atoms with van der Waals surface area (Å²) < 4.78 is 45.2. The molecule has 3 aromatic heterocycles. The molecule has 4 unspecified atom stereocenters. The van der Waals surface area contributed by atoms with Gasteiger partial charge in [-0.15, -0.1) is 11.3 Å². The number of ether oxygens (including phenoxy) is 2. The van der Waals surface area contributed by atoms with Crippen molar-refractivity contribution < 1.29 is 28.5 Å². The quantitative estimate of drug-likeness (QED) is 0.296. The van der Waals surface area contributed by atoms with Gasteiger partial charge < -0.3 is 19.7 Å². The Kier molecular flexibility index (Phi) is 7.39. The minimum absolute atomic E-state index is 0.0348. The number of rotatable bonds is 6. The van der Waals surface area contributed by atoms with Gasteiger partial charge in [0.25, 0.3) is 0 Å². The minimum atomic E-state index is -1.28. The summed E-state index contributed by atoms with van der Waals surface area (Å²) in [5.74, 6) is -1.14. The molecule has 0 saturated carbocycles. The van der Waals surface area contributed by atoms with Crippen molar-refractivity contribution in [1.82, 2.24) is 29.5 Å². The Morgan fingerprint density at radius 2 is 1.88 bits per heavy atom. The van der Waals surface area contributed by atoms with E-state index in [0.29, 0.717) is 22.9 Å². The highest BCUT2D eigenvalue weighted by Crippen LogP contribution is 2.41. The number of aromatic nitrogens is 6. The first-order valence-corrected chi connectivity index (χ1v) is 14.2. The molecule has 0 aliphatic carbocycles. The smallest absolute Gasteiger partial charge is 0.167 e. The fourth-order valence-electron chi connectivity index (χ4n) is 5.55. The number of thiazole rings is 1. The number of aliphatic hydroxyl groups excluding tert-OH is 2. The van der Waals surface area contributed by atoms with Crippen LogP contribution in [0.2, 0.25) is 0 Å². The lowest BCUT2D eigenvalue weighted by Gasteiger charge is -2.44. The van der Waals surface area contributed by atoms with Gasteiger partial charge in [-0.2, -0.15) is 10.2 Å². The second kappa shape index (κ2) is 10.9. The van der Waals surface area contributed by atoms with Crippen LogP contribution in [0, 0.1) is 32.4 Å². The van der Waals surface area contributed by atoms with Crippen LogP contribution in [0.1, 0.15) is 41.3 Å². The molecule has 5 aromatic rings. The molecule has 0 bridgehead atoms. The molecule has 42 heavy (non-hydrogen) atoms. The number of benzene rings is 2. The summed E-state index contributed by atoms with van der Waals surface area (Å²) >= 11 is 1.55. The lowest BCUT2D eigenvalue weighted by molar-refractivity contribution is -0.230. The summed E-state index contributed by atoms with van der Waals surface area (Å²) in [6.45, 7) is 6.73. The summed E-state index contributed by atoms with van der Waals surface area (Å²) in [6.07, 6.45) is -2.17. The maximum absolute atomic E-state index is 14.8. The normalized spacial score (nSPS) is 23.5. The van der Waals surface area contributed by atoms with Gasteiger partial charge in [0.15, 0.2) is 17.5 Å². The molecule has 1 aliphatic heterocycles. The number of hydrogen-bond donors (Lipinski definition) is 2. The lowest BCUT2D eigenvalue weighted by atomic mass is 9.89. The molecule has 0 spiro atoms. The van der Waals surface area contributed by atoms with Gasteiger partial charge in [0.1, 0.15) is 36.3 Å². The van der Waals surface area contributed by atoms with Crippen molar-refractivity contribution in [3.05, 3.63) is 76.6 Å². The molecule has 220 valence electrons. The van der Waals surface area contributed by atoms with Crippen molar-refractivity contribution in [1.29, 1.82) is 0 Å². The molecule has 2 aromatic carbocycles. The number of hydrogen-bond acceptors (Lipinski definition) is 9. The van der Waals surface area contributed by atoms with E-state index in [0.717, 1.165) is 15.2 Å². The molecule has 13 heteroatoms. The fraction of sp³-hybridized carbons (Fsp3) is 0.379. The van der Waals surface area contributed by atoms with Crippen molar-refractivity contribution in [2.45, 2.75) is 64.3 Å². The Morgan fingerprint density at radius 3 is 2.62 bits per heavy atom. The zero-order chi connectivity index (χ0) is 29.9. The number of aryl methyl sites for hydroxylation is 3. The molecule has 0 amide bonds. The van der Waals surface area contributed by atoms with Crippen LogP contribution in [-0.2, 0) is 9.47 Å². The van der Waals surface area contributed by atoms with Gasteiger partial charge in [-0.25, -0.2) is 23.4 Å². The van der Waals surface area contributed by atoms with E-state index in [2.05, 4.69) is 20.2 Å². The number of methoxy groups -OCH3 is 1. The van der Waals surface area contributed by atoms with E-state index < -0.39 is 48.2 Å². The van der Waals surface area contributed by atoms with E-state index in [4.69, 9.17) is 9.47 Å². The van der Waals surface area contributed by atoms with Gasteiger partial charge in [-0.3, -0.25) is 4.68 Å². The summed E-state index contributed by atoms with van der Waals surface area (Å²) in [5.41, 5.74) is 2.11. The van der Waals surface area contributed by atoms with Crippen molar-refractivity contribution in [3.63, 3.8) is 0 Å². The van der Waals surface area contributed by atoms with E-state index in [-0.39, 0.29) is 11.1 Å². The molecule has 2 N–H and O–H groups in total. The summed E-state index contributed by atoms with van der Waals surface area (Å²) in [5, 5.41) is 32.5. The van der Waals surface area contributed by atoms with Crippen LogP contribution in [0.4, 0.5) is 8.78 Å². The van der Waals surface area contributed by atoms with E-state index in [1.807, 2.05) is 25.1 Å². The molecule has 4 heterocycles. The highest BCUT2D eigenvalue weighted by molar-refractivity contribution is 7.18. The highest BCUT2D eigenvalue weighted by atomic mass is 32.1. The SMILES string of the molecule is CO[C@H]1C(C(C)O)O[C@@H](c2nc(C)nn2-c2ccc3nc(C)sc3c2)C(O)C1n1cc(-c2ccc(C)c(F)c2F)cn1. The van der Waals surface area contributed by atoms with Crippen LogP contribution in [-0.4, -0.2) is 71.3 Å². The zero-order valence-electron chi connectivity index (χ0n) is 23.6. The average Bonchev–Trinajstić information content (AvgIpc) is 3.68. The second-order valence-corrected chi connectivity index (χ2v) is 11.8. The first kappa shape index (κ1) is 28.5. The predicted molar refractivity (Wildman–Crippen MR) is 151 cm³/mol. The van der Waals surface area contributed by atoms with Crippen molar-refractivity contribution in [3.8, 4) is 16.8 Å². The maximum atomic E-state index is 14.8. The first-order valence-electron chi connectivity index (χ1n) is 13.4. The van der Waals surface area contributed by atoms with Crippen molar-refractivity contribution >= 4 is 21.6 Å². The monoisotopic (exact) mass is 596 g/mol. The predicted octanol–water partition coefficient (Wildman–Crippen LogP) is 4.38. The minimum Gasteiger partial charge on any atom is -0.391 e. The van der Waals surface area contributed by atoms with Crippen molar-refractivity contribution in [2.75, 3.05) is 7.11 Å². The molecule has 0 radical (unpaired) electrons. The second-order valence-electron chi connectivity index (χ2n) is 10.5. The van der Waals surface area contributed by atoms with Crippen LogP contribution < -0.4 is 0 Å². The summed E-state index contributed by atoms with van der Waals surface area (Å²) in [7, 11) is 1.45. The molecule has 1 fully saturated rings. The van der Waals surface area contributed by atoms with Crippen LogP contribution in [0.15, 0.2) is 42.7 Å². The number of nitrogens with zero attached hydrogens (tertiary/aromatic N) is 6. The van der Waals surface area contributed by atoms with Gasteiger partial charge in [-0.1, -0.05) is 12.1 Å². The molecule has 6 rings (SSSR count). The Balaban J connectivity index is 1.43. The molecule has 6 atom stereocenters. The fourth-order valence-corrected chi connectivity index (χ4v) is 6.41. The third-order valence-electron chi connectivity index (χ3n) is 7.58. The van der Waals surface area contributed by atoms with E-state index in [9.17, 15) is 19.0 Å². The van der Waals surface area contributed by atoms with Crippen LogP contribution in [0.25, 0.3) is 27.0 Å². The lowest BCUT2D eigenvalue weighted by Crippen LogP contribution is -2.56. The molecule has 10 nitrogen and oxygen atoms in total. The Hall–Kier alpha value is -3.62. The van der Waals surface area contributed by atoms with Gasteiger partial charge in [-0.05, 0) is 51.5 Å². The molecule has 1 aliphatic rings. The van der Waals surface area contributed by atoms with Crippen LogP contribution in [0.3, 0.4) is 0 Å². The standard InChI is InChI=1S/C29H30F2N6O4S/c1-13-6-8-19(23(31)22(13)30)17-11-32-36(12-17)24-25(39)28(41-26(14(2)38)27(24)40-5)29-33-15(3)35-37(29)18-7-9-20-21(10-18)42-16(4)34-20/h6-12,14,24-28,38-39H,1-5H3/t14?,24?,25?,26?,27-,28-/m1/s1. The maximum Gasteiger partial charge on any atom is 0.167 e. The number of halogens is 2. The van der Waals surface area contributed by atoms with Crippen molar-refractivity contribution in [2.24, 2.45) is 0 Å². The van der Waals surface area contributed by atoms with Gasteiger partial charge >= 0.3 is 0 Å². The molecular weight excluding hydrogens is 566 g/mol. The zero-order valence-corrected chi connectivity index (χ0v) is 24.4.